The first kappa shape index (κ1) is 21.3. The minimum absolute atomic E-state index is 0.419. The van der Waals surface area contributed by atoms with E-state index in [0.29, 0.717) is 12.5 Å². The minimum atomic E-state index is 0.419. The van der Waals surface area contributed by atoms with Crippen LogP contribution in [0.25, 0.3) is 0 Å². The second kappa shape index (κ2) is 10.4. The van der Waals surface area contributed by atoms with Crippen LogP contribution in [0.15, 0.2) is 48.9 Å². The van der Waals surface area contributed by atoms with Gasteiger partial charge in [0.15, 0.2) is 0 Å². The maximum atomic E-state index is 5.10. The van der Waals surface area contributed by atoms with Crippen molar-refractivity contribution >= 4 is 11.6 Å². The Morgan fingerprint density at radius 2 is 2.00 bits per heavy atom. The van der Waals surface area contributed by atoms with Crippen LogP contribution in [-0.4, -0.2) is 51.6 Å². The summed E-state index contributed by atoms with van der Waals surface area (Å²) in [6.07, 6.45) is 8.75. The van der Waals surface area contributed by atoms with Crippen LogP contribution in [0.3, 0.4) is 0 Å². The lowest BCUT2D eigenvalue weighted by atomic mass is 9.94. The van der Waals surface area contributed by atoms with E-state index in [4.69, 9.17) is 9.72 Å². The van der Waals surface area contributed by atoms with Gasteiger partial charge in [-0.25, -0.2) is 19.9 Å². The van der Waals surface area contributed by atoms with Gasteiger partial charge in [0.25, 0.3) is 0 Å². The van der Waals surface area contributed by atoms with Crippen LogP contribution in [0.2, 0.25) is 0 Å². The molecular weight excluding hydrogens is 388 g/mol. The number of nitrogens with one attached hydrogen (secondary N) is 1. The number of pyridine rings is 2. The molecule has 7 nitrogen and oxygen atoms in total. The zero-order chi connectivity index (χ0) is 21.5. The zero-order valence-electron chi connectivity index (χ0n) is 18.3. The summed E-state index contributed by atoms with van der Waals surface area (Å²) >= 11 is 0. The van der Waals surface area contributed by atoms with Crippen LogP contribution in [0, 0.1) is 6.92 Å². The highest BCUT2D eigenvalue weighted by Gasteiger charge is 2.23. The van der Waals surface area contributed by atoms with Gasteiger partial charge in [-0.05, 0) is 50.1 Å². The van der Waals surface area contributed by atoms with Crippen molar-refractivity contribution in [3.63, 3.8) is 0 Å². The summed E-state index contributed by atoms with van der Waals surface area (Å²) in [4.78, 5) is 20.7. The van der Waals surface area contributed by atoms with Crippen molar-refractivity contribution in [2.45, 2.75) is 38.6 Å². The summed E-state index contributed by atoms with van der Waals surface area (Å²) in [5.74, 6) is 2.95. The van der Waals surface area contributed by atoms with Crippen molar-refractivity contribution in [3.05, 3.63) is 71.6 Å². The van der Waals surface area contributed by atoms with Gasteiger partial charge in [0, 0.05) is 62.4 Å². The molecule has 1 aliphatic rings. The normalized spacial score (nSPS) is 16.9. The highest BCUT2D eigenvalue weighted by atomic mass is 16.5. The van der Waals surface area contributed by atoms with Gasteiger partial charge < -0.3 is 10.1 Å². The summed E-state index contributed by atoms with van der Waals surface area (Å²) < 4.78 is 5.10. The molecule has 0 aromatic carbocycles. The van der Waals surface area contributed by atoms with Crippen LogP contribution in [-0.2, 0) is 17.7 Å². The van der Waals surface area contributed by atoms with Crippen LogP contribution in [0.1, 0.15) is 41.4 Å². The van der Waals surface area contributed by atoms with E-state index in [1.807, 2.05) is 37.5 Å². The average molecular weight is 419 g/mol. The molecule has 0 saturated carbocycles. The molecule has 31 heavy (non-hydrogen) atoms. The molecule has 0 spiro atoms. The molecule has 0 unspecified atom stereocenters. The number of likely N-dealkylation sites (tertiary alicyclic amines) is 1. The van der Waals surface area contributed by atoms with E-state index in [9.17, 15) is 0 Å². The maximum absolute atomic E-state index is 5.10. The smallest absolute Gasteiger partial charge is 0.134 e. The molecule has 1 saturated heterocycles. The molecule has 0 aliphatic carbocycles. The van der Waals surface area contributed by atoms with Crippen molar-refractivity contribution in [3.8, 4) is 0 Å². The molecule has 7 heteroatoms. The van der Waals surface area contributed by atoms with E-state index >= 15 is 0 Å². The van der Waals surface area contributed by atoms with E-state index in [1.54, 1.807) is 13.3 Å². The topological polar surface area (TPSA) is 76.1 Å². The Labute approximate surface area is 183 Å². The lowest BCUT2D eigenvalue weighted by Gasteiger charge is -2.32. The molecule has 0 radical (unpaired) electrons. The molecule has 1 aliphatic heterocycles. The molecule has 0 bridgehead atoms. The average Bonchev–Trinajstić information content (AvgIpc) is 2.81. The third kappa shape index (κ3) is 5.83. The Morgan fingerprint density at radius 1 is 1.13 bits per heavy atom. The molecule has 4 heterocycles. The van der Waals surface area contributed by atoms with Crippen LogP contribution < -0.4 is 5.32 Å². The molecule has 0 amide bonds. The van der Waals surface area contributed by atoms with E-state index in [-0.39, 0.29) is 0 Å². The fourth-order valence-corrected chi connectivity index (χ4v) is 3.97. The highest BCUT2D eigenvalue weighted by Crippen LogP contribution is 2.28. The van der Waals surface area contributed by atoms with Gasteiger partial charge in [0.1, 0.15) is 17.5 Å². The number of methoxy groups -OCH3 is 1. The van der Waals surface area contributed by atoms with Crippen molar-refractivity contribution in [1.82, 2.24) is 24.8 Å². The zero-order valence-corrected chi connectivity index (χ0v) is 18.3. The quantitative estimate of drug-likeness (QED) is 0.595. The van der Waals surface area contributed by atoms with E-state index in [0.717, 1.165) is 73.2 Å². The lowest BCUT2D eigenvalue weighted by Crippen LogP contribution is -2.34. The molecule has 3 aromatic rings. The number of aromatic nitrogens is 4. The Hall–Kier alpha value is -2.90. The Balaban J connectivity index is 1.39. The Bertz CT molecular complexity index is 978. The first-order valence-corrected chi connectivity index (χ1v) is 10.9. The predicted octanol–water partition coefficient (Wildman–Crippen LogP) is 3.89. The third-order valence-electron chi connectivity index (χ3n) is 5.65. The first-order valence-electron chi connectivity index (χ1n) is 10.9. The fraction of sp³-hybridized carbons (Fsp3) is 0.417. The van der Waals surface area contributed by atoms with Gasteiger partial charge in [-0.3, -0.25) is 4.90 Å². The van der Waals surface area contributed by atoms with Crippen molar-refractivity contribution in [1.29, 1.82) is 0 Å². The van der Waals surface area contributed by atoms with Gasteiger partial charge in [-0.2, -0.15) is 0 Å². The van der Waals surface area contributed by atoms with E-state index in [1.165, 1.54) is 0 Å². The summed E-state index contributed by atoms with van der Waals surface area (Å²) in [7, 11) is 1.70. The summed E-state index contributed by atoms with van der Waals surface area (Å²) in [5, 5.41) is 3.36. The third-order valence-corrected chi connectivity index (χ3v) is 5.65. The molecule has 1 atom stereocenters. The van der Waals surface area contributed by atoms with E-state index in [2.05, 4.69) is 37.3 Å². The monoisotopic (exact) mass is 418 g/mol. The van der Waals surface area contributed by atoms with Crippen molar-refractivity contribution in [2.75, 3.05) is 32.1 Å². The van der Waals surface area contributed by atoms with Crippen molar-refractivity contribution in [2.24, 2.45) is 0 Å². The summed E-state index contributed by atoms with van der Waals surface area (Å²) in [6.45, 7) is 5.64. The van der Waals surface area contributed by atoms with Gasteiger partial charge in [-0.15, -0.1) is 0 Å². The Morgan fingerprint density at radius 3 is 2.81 bits per heavy atom. The molecule has 1 fully saturated rings. The number of nitrogens with zero attached hydrogens (tertiary/aromatic N) is 5. The molecule has 3 aromatic heterocycles. The Kier molecular flexibility index (Phi) is 7.17. The summed E-state index contributed by atoms with van der Waals surface area (Å²) in [6, 6.07) is 10.2. The van der Waals surface area contributed by atoms with Crippen molar-refractivity contribution < 1.29 is 4.74 Å². The first-order chi connectivity index (χ1) is 15.2. The number of hydrogen-bond acceptors (Lipinski definition) is 7. The van der Waals surface area contributed by atoms with Gasteiger partial charge in [0.05, 0.1) is 6.61 Å². The van der Waals surface area contributed by atoms with E-state index < -0.39 is 0 Å². The standard InChI is InChI=1S/C24H30N6O/c1-18-6-4-11-25-24(18)29-23-9-3-8-21(28-23)20-7-5-12-30(17-20)16-19-14-26-22(27-15-19)10-13-31-2/h3-4,6,8-9,11,14-15,20H,5,7,10,12-13,16-17H2,1-2H3,(H,25,28,29)/t20-/m1/s1. The number of hydrogen-bond donors (Lipinski definition) is 1. The number of aryl methyl sites for hydroxylation is 1. The predicted molar refractivity (Wildman–Crippen MR) is 121 cm³/mol. The van der Waals surface area contributed by atoms with Crippen LogP contribution in [0.4, 0.5) is 11.6 Å². The minimum Gasteiger partial charge on any atom is -0.384 e. The second-order valence-electron chi connectivity index (χ2n) is 8.07. The van der Waals surface area contributed by atoms with Gasteiger partial charge in [0.2, 0.25) is 0 Å². The molecule has 162 valence electrons. The highest BCUT2D eigenvalue weighted by molar-refractivity contribution is 5.55. The fourth-order valence-electron chi connectivity index (χ4n) is 3.97. The SMILES string of the molecule is COCCc1ncc(CN2CCC[C@@H](c3cccc(Nc4ncccc4C)n3)C2)cn1. The van der Waals surface area contributed by atoms with Gasteiger partial charge >= 0.3 is 0 Å². The largest absolute Gasteiger partial charge is 0.384 e. The second-order valence-corrected chi connectivity index (χ2v) is 8.07. The maximum Gasteiger partial charge on any atom is 0.134 e. The van der Waals surface area contributed by atoms with Gasteiger partial charge in [-0.1, -0.05) is 12.1 Å². The number of ether oxygens (including phenoxy) is 1. The molecular formula is C24H30N6O. The summed E-state index contributed by atoms with van der Waals surface area (Å²) in [5.41, 5.74) is 3.39. The molecule has 1 N–H and O–H groups in total. The van der Waals surface area contributed by atoms with Crippen LogP contribution >= 0.6 is 0 Å². The number of rotatable bonds is 8. The number of anilines is 2. The molecule has 4 rings (SSSR count). The number of piperidine rings is 1. The lowest BCUT2D eigenvalue weighted by molar-refractivity contribution is 0.197. The van der Waals surface area contributed by atoms with Crippen LogP contribution in [0.5, 0.6) is 0 Å².